The quantitative estimate of drug-likeness (QED) is 0.412. The van der Waals surface area contributed by atoms with E-state index in [-0.39, 0.29) is 11.7 Å². The molecule has 5 heterocycles. The van der Waals surface area contributed by atoms with Crippen LogP contribution in [0.4, 0.5) is 0 Å². The summed E-state index contributed by atoms with van der Waals surface area (Å²) >= 11 is 1.52. The van der Waals surface area contributed by atoms with Gasteiger partial charge in [-0.05, 0) is 81.6 Å². The van der Waals surface area contributed by atoms with Crippen molar-refractivity contribution in [1.82, 2.24) is 14.5 Å². The van der Waals surface area contributed by atoms with E-state index >= 15 is 0 Å². The van der Waals surface area contributed by atoms with Crippen LogP contribution in [0, 0.1) is 0 Å². The second-order valence-corrected chi connectivity index (χ2v) is 10.3. The van der Waals surface area contributed by atoms with Crippen LogP contribution < -0.4 is 10.3 Å². The second-order valence-electron chi connectivity index (χ2n) is 9.18. The number of piperidine rings is 1. The van der Waals surface area contributed by atoms with Crippen molar-refractivity contribution in [3.05, 3.63) is 76.0 Å². The fourth-order valence-corrected chi connectivity index (χ4v) is 6.34. The Morgan fingerprint density at radius 2 is 1.91 bits per heavy atom. The van der Waals surface area contributed by atoms with Gasteiger partial charge in [0.25, 0.3) is 5.56 Å². The summed E-state index contributed by atoms with van der Waals surface area (Å²) < 4.78 is 14.0. The van der Waals surface area contributed by atoms with Gasteiger partial charge in [0, 0.05) is 23.4 Å². The number of ether oxygens (including phenoxy) is 1. The van der Waals surface area contributed by atoms with Gasteiger partial charge in [0.15, 0.2) is 0 Å². The molecule has 3 atom stereocenters. The lowest BCUT2D eigenvalue weighted by atomic mass is 10.0. The number of aryl methyl sites for hydroxylation is 2. The summed E-state index contributed by atoms with van der Waals surface area (Å²) in [7, 11) is 2.24. The lowest BCUT2D eigenvalue weighted by Gasteiger charge is -2.36. The Morgan fingerprint density at radius 3 is 2.64 bits per heavy atom. The number of hydrogen-bond donors (Lipinski definition) is 0. The number of benzene rings is 1. The molecule has 4 aromatic rings. The predicted molar refractivity (Wildman–Crippen MR) is 130 cm³/mol. The molecule has 2 aliphatic rings. The van der Waals surface area contributed by atoms with Gasteiger partial charge >= 0.3 is 0 Å². The highest BCUT2D eigenvalue weighted by molar-refractivity contribution is 7.18. The topological polar surface area (TPSA) is 60.5 Å². The van der Waals surface area contributed by atoms with Crippen molar-refractivity contribution < 1.29 is 9.15 Å². The number of hydrogen-bond acceptors (Lipinski definition) is 6. The number of nitrogens with zero attached hydrogens (tertiary/aromatic N) is 3. The third kappa shape index (κ3) is 4.00. The molecule has 0 aliphatic carbocycles. The van der Waals surface area contributed by atoms with Crippen LogP contribution in [-0.2, 0) is 12.8 Å². The molecule has 1 aromatic carbocycles. The molecule has 6 nitrogen and oxygen atoms in total. The zero-order valence-electron chi connectivity index (χ0n) is 18.6. The fourth-order valence-electron chi connectivity index (χ4n) is 5.31. The van der Waals surface area contributed by atoms with E-state index in [1.54, 1.807) is 17.2 Å². The maximum Gasteiger partial charge on any atom is 0.275 e. The molecule has 2 fully saturated rings. The molecular weight excluding hydrogens is 434 g/mol. The second kappa shape index (κ2) is 8.47. The maximum absolute atomic E-state index is 13.2. The van der Waals surface area contributed by atoms with Crippen molar-refractivity contribution in [3.63, 3.8) is 0 Å². The Bertz CT molecular complexity index is 1300. The van der Waals surface area contributed by atoms with Crippen LogP contribution in [0.25, 0.3) is 15.9 Å². The van der Waals surface area contributed by atoms with E-state index in [4.69, 9.17) is 9.15 Å². The molecule has 33 heavy (non-hydrogen) atoms. The van der Waals surface area contributed by atoms with E-state index in [2.05, 4.69) is 16.9 Å². The number of fused-ring (bicyclic) bond motifs is 3. The van der Waals surface area contributed by atoms with Crippen molar-refractivity contribution in [1.29, 1.82) is 0 Å². The average molecular weight is 462 g/mol. The first-order valence-corrected chi connectivity index (χ1v) is 12.5. The summed E-state index contributed by atoms with van der Waals surface area (Å²) in [5.41, 5.74) is 1.53. The molecule has 2 saturated heterocycles. The smallest absolute Gasteiger partial charge is 0.275 e. The van der Waals surface area contributed by atoms with Gasteiger partial charge in [-0.3, -0.25) is 9.36 Å². The number of rotatable bonds is 6. The molecule has 170 valence electrons. The van der Waals surface area contributed by atoms with E-state index in [1.807, 2.05) is 42.5 Å². The molecule has 7 heteroatoms. The zero-order chi connectivity index (χ0) is 22.4. The normalized spacial score (nSPS) is 22.8. The zero-order valence-corrected chi connectivity index (χ0v) is 19.5. The first kappa shape index (κ1) is 20.7. The summed E-state index contributed by atoms with van der Waals surface area (Å²) in [6.07, 6.45) is 9.98. The Labute approximate surface area is 196 Å². The van der Waals surface area contributed by atoms with Crippen LogP contribution in [0.5, 0.6) is 5.75 Å². The van der Waals surface area contributed by atoms with Gasteiger partial charge in [-0.15, -0.1) is 11.3 Å². The lowest BCUT2D eigenvalue weighted by molar-refractivity contribution is 0.0662. The molecular formula is C26H27N3O3S. The van der Waals surface area contributed by atoms with E-state index < -0.39 is 0 Å². The van der Waals surface area contributed by atoms with E-state index in [1.165, 1.54) is 24.2 Å². The summed E-state index contributed by atoms with van der Waals surface area (Å²) in [6.45, 7) is 0. The Balaban J connectivity index is 1.18. The standard InChI is InChI=1S/C26H27N3O3S/c1-28-18-4-5-19(28)14-22(13-18)32-21-8-6-17(7-9-21)29-16-27-24-15-23(33-25(24)26(29)30)11-10-20-3-2-12-31-20/h2-3,6-9,12,15-16,18-19,22H,4-5,10-11,13-14H2,1H3/t18-,19+,22+. The SMILES string of the molecule is CN1[C@@H]2CC[C@H]1C[C@@H](Oc1ccc(-n3cnc4cc(CCc5ccco5)sc4c3=O)cc1)C2. The minimum atomic E-state index is -0.0326. The van der Waals surface area contributed by atoms with Crippen LogP contribution >= 0.6 is 11.3 Å². The van der Waals surface area contributed by atoms with Gasteiger partial charge in [-0.25, -0.2) is 4.98 Å². The highest BCUT2D eigenvalue weighted by atomic mass is 32.1. The fraction of sp³-hybridized carbons (Fsp3) is 0.385. The lowest BCUT2D eigenvalue weighted by Crippen LogP contribution is -2.43. The first-order chi connectivity index (χ1) is 16.1. The van der Waals surface area contributed by atoms with Crippen LogP contribution in [0.15, 0.2) is 64.3 Å². The molecule has 6 rings (SSSR count). The van der Waals surface area contributed by atoms with Gasteiger partial charge < -0.3 is 14.1 Å². The van der Waals surface area contributed by atoms with E-state index in [9.17, 15) is 4.79 Å². The van der Waals surface area contributed by atoms with Gasteiger partial charge in [-0.1, -0.05) is 0 Å². The van der Waals surface area contributed by atoms with Crippen molar-refractivity contribution in [2.75, 3.05) is 7.05 Å². The van der Waals surface area contributed by atoms with Crippen molar-refractivity contribution in [3.8, 4) is 11.4 Å². The Kier molecular flexibility index (Phi) is 5.31. The van der Waals surface area contributed by atoms with Gasteiger partial charge in [0.2, 0.25) is 0 Å². The largest absolute Gasteiger partial charge is 0.490 e. The van der Waals surface area contributed by atoms with Crippen LogP contribution in [0.1, 0.15) is 36.3 Å². The van der Waals surface area contributed by atoms with Crippen molar-refractivity contribution in [2.24, 2.45) is 0 Å². The number of furan rings is 1. The van der Waals surface area contributed by atoms with Crippen LogP contribution in [-0.4, -0.2) is 39.7 Å². The Morgan fingerprint density at radius 1 is 1.12 bits per heavy atom. The summed E-state index contributed by atoms with van der Waals surface area (Å²) in [5, 5.41) is 0. The molecule has 0 saturated carbocycles. The third-order valence-corrected chi connectivity index (χ3v) is 8.33. The molecule has 2 bridgehead atoms. The van der Waals surface area contributed by atoms with Gasteiger partial charge in [-0.2, -0.15) is 0 Å². The van der Waals surface area contributed by atoms with Crippen LogP contribution in [0.2, 0.25) is 0 Å². The summed E-state index contributed by atoms with van der Waals surface area (Å²) in [6, 6.07) is 15.0. The monoisotopic (exact) mass is 461 g/mol. The summed E-state index contributed by atoms with van der Waals surface area (Å²) in [4.78, 5) is 21.4. The minimum Gasteiger partial charge on any atom is -0.490 e. The molecule has 3 aromatic heterocycles. The molecule has 0 unspecified atom stereocenters. The van der Waals surface area contributed by atoms with E-state index in [0.717, 1.165) is 53.3 Å². The Hall–Kier alpha value is -2.90. The van der Waals surface area contributed by atoms with E-state index in [0.29, 0.717) is 16.8 Å². The van der Waals surface area contributed by atoms with Gasteiger partial charge in [0.05, 0.1) is 17.5 Å². The molecule has 2 aliphatic heterocycles. The first-order valence-electron chi connectivity index (χ1n) is 11.7. The van der Waals surface area contributed by atoms with Gasteiger partial charge in [0.1, 0.15) is 28.6 Å². The minimum absolute atomic E-state index is 0.0326. The average Bonchev–Trinajstić information content (AvgIpc) is 3.53. The number of thiophene rings is 1. The van der Waals surface area contributed by atoms with Crippen molar-refractivity contribution in [2.45, 2.75) is 56.7 Å². The highest BCUT2D eigenvalue weighted by Crippen LogP contribution is 2.36. The van der Waals surface area contributed by atoms with Crippen LogP contribution in [0.3, 0.4) is 0 Å². The van der Waals surface area contributed by atoms with Crippen molar-refractivity contribution >= 4 is 21.6 Å². The maximum atomic E-state index is 13.2. The molecule has 0 amide bonds. The summed E-state index contributed by atoms with van der Waals surface area (Å²) in [5.74, 6) is 1.82. The highest BCUT2D eigenvalue weighted by Gasteiger charge is 2.39. The predicted octanol–water partition coefficient (Wildman–Crippen LogP) is 4.83. The molecule has 0 spiro atoms. The third-order valence-electron chi connectivity index (χ3n) is 7.16. The molecule has 0 N–H and O–H groups in total. The number of aromatic nitrogens is 2. The molecule has 0 radical (unpaired) electrons.